The molecule has 15 heteroatoms. The van der Waals surface area contributed by atoms with Gasteiger partial charge in [-0.25, -0.2) is 0 Å². The van der Waals surface area contributed by atoms with E-state index in [-0.39, 0.29) is 6.42 Å². The zero-order chi connectivity index (χ0) is 24.9. The number of aliphatic hydroxyl groups is 8. The van der Waals surface area contributed by atoms with Crippen LogP contribution in [0, 0.1) is 0 Å². The standard InChI is InChI=1S/C18H34N2O13/c19-4-2-1-3-7(20-30)17(29)33-18(15(28)13(26)11(24)9(6-22)32-18)16-14(27)12(25)10(23)8(5-21)31-16/h7-16,20-28,30H,1-6,19H2/t7-,8+,9+,10+,11-,12-,13-,14+,15+,16?,18?/m0/s1. The largest absolute Gasteiger partial charge is 0.426 e. The predicted molar refractivity (Wildman–Crippen MR) is 104 cm³/mol. The first-order valence-corrected chi connectivity index (χ1v) is 10.5. The molecule has 2 rings (SSSR count). The van der Waals surface area contributed by atoms with Crippen molar-refractivity contribution in [1.82, 2.24) is 5.48 Å². The summed E-state index contributed by atoms with van der Waals surface area (Å²) in [5.41, 5.74) is 7.14. The van der Waals surface area contributed by atoms with Crippen LogP contribution in [-0.2, 0) is 19.0 Å². The van der Waals surface area contributed by atoms with Gasteiger partial charge in [-0.05, 0) is 25.8 Å². The van der Waals surface area contributed by atoms with Crippen molar-refractivity contribution in [3.05, 3.63) is 0 Å². The van der Waals surface area contributed by atoms with E-state index in [2.05, 4.69) is 0 Å². The summed E-state index contributed by atoms with van der Waals surface area (Å²) in [4.78, 5) is 12.8. The lowest BCUT2D eigenvalue weighted by Crippen LogP contribution is -2.76. The molecule has 15 nitrogen and oxygen atoms in total. The molecular formula is C18H34N2O13. The molecule has 33 heavy (non-hydrogen) atoms. The van der Waals surface area contributed by atoms with Crippen molar-refractivity contribution in [2.45, 2.75) is 86.0 Å². The van der Waals surface area contributed by atoms with Gasteiger partial charge in [0, 0.05) is 0 Å². The molecule has 12 N–H and O–H groups in total. The lowest BCUT2D eigenvalue weighted by molar-refractivity contribution is -0.407. The SMILES string of the molecule is NCCCC[C@H](NO)C(=O)OC1(C2O[C@H](CO)[C@@H](O)[C@H](O)[C@H]2O)O[C@H](CO)[C@H](O)[C@H](O)[C@H]1O. The van der Waals surface area contributed by atoms with E-state index >= 15 is 0 Å². The van der Waals surface area contributed by atoms with Crippen LogP contribution in [0.25, 0.3) is 0 Å². The van der Waals surface area contributed by atoms with Crippen LogP contribution in [0.4, 0.5) is 0 Å². The molecule has 0 aromatic heterocycles. The lowest BCUT2D eigenvalue weighted by Gasteiger charge is -2.54. The fourth-order valence-electron chi connectivity index (χ4n) is 3.93. The van der Waals surface area contributed by atoms with Gasteiger partial charge >= 0.3 is 5.97 Å². The molecule has 2 heterocycles. The van der Waals surface area contributed by atoms with Crippen LogP contribution in [0.15, 0.2) is 0 Å². The molecule has 11 atom stereocenters. The number of nitrogens with two attached hydrogens (primary N) is 1. The topological polar surface area (TPSA) is 265 Å². The number of nitrogens with one attached hydrogen (secondary N) is 1. The van der Waals surface area contributed by atoms with E-state index in [9.17, 15) is 50.9 Å². The highest BCUT2D eigenvalue weighted by molar-refractivity contribution is 5.76. The smallest absolute Gasteiger partial charge is 0.328 e. The summed E-state index contributed by atoms with van der Waals surface area (Å²) >= 11 is 0. The molecular weight excluding hydrogens is 452 g/mol. The van der Waals surface area contributed by atoms with Gasteiger partial charge in [-0.2, -0.15) is 5.48 Å². The minimum absolute atomic E-state index is 0.0159. The number of esters is 1. The maximum atomic E-state index is 12.8. The minimum atomic E-state index is -2.85. The molecule has 2 aliphatic rings. The third kappa shape index (κ3) is 5.62. The average Bonchev–Trinajstić information content (AvgIpc) is 2.81. The Morgan fingerprint density at radius 2 is 1.55 bits per heavy atom. The zero-order valence-corrected chi connectivity index (χ0v) is 17.8. The molecule has 2 aliphatic heterocycles. The first-order valence-electron chi connectivity index (χ1n) is 10.5. The Balaban J connectivity index is 2.47. The first-order chi connectivity index (χ1) is 15.6. The zero-order valence-electron chi connectivity index (χ0n) is 17.8. The van der Waals surface area contributed by atoms with E-state index < -0.39 is 85.9 Å². The van der Waals surface area contributed by atoms with Gasteiger partial charge in [0.25, 0.3) is 5.79 Å². The Kier molecular flexibility index (Phi) is 10.3. The minimum Gasteiger partial charge on any atom is -0.426 e. The Hall–Kier alpha value is -1.05. The third-order valence-electron chi connectivity index (χ3n) is 5.92. The van der Waals surface area contributed by atoms with Crippen molar-refractivity contribution in [2.24, 2.45) is 5.73 Å². The van der Waals surface area contributed by atoms with Crippen LogP contribution in [0.3, 0.4) is 0 Å². The lowest BCUT2D eigenvalue weighted by atomic mass is 9.83. The van der Waals surface area contributed by atoms with Gasteiger partial charge in [-0.15, -0.1) is 0 Å². The fraction of sp³-hybridized carbons (Fsp3) is 0.944. The van der Waals surface area contributed by atoms with Gasteiger partial charge in [-0.3, -0.25) is 4.79 Å². The highest BCUT2D eigenvalue weighted by atomic mass is 16.8. The third-order valence-corrected chi connectivity index (χ3v) is 5.92. The maximum Gasteiger partial charge on any atom is 0.328 e. The molecule has 0 saturated carbocycles. The van der Waals surface area contributed by atoms with Crippen LogP contribution in [0.1, 0.15) is 19.3 Å². The molecule has 0 aromatic rings. The molecule has 2 fully saturated rings. The molecule has 194 valence electrons. The fourth-order valence-corrected chi connectivity index (χ4v) is 3.93. The Morgan fingerprint density at radius 3 is 2.09 bits per heavy atom. The first kappa shape index (κ1) is 28.2. The summed E-state index contributed by atoms with van der Waals surface area (Å²) in [6.07, 6.45) is -16.4. The molecule has 0 amide bonds. The van der Waals surface area contributed by atoms with E-state index in [0.29, 0.717) is 19.4 Å². The van der Waals surface area contributed by atoms with Crippen molar-refractivity contribution in [1.29, 1.82) is 0 Å². The number of carbonyl (C=O) groups excluding carboxylic acids is 1. The number of unbranched alkanes of at least 4 members (excludes halogenated alkanes) is 1. The molecule has 0 aromatic carbocycles. The summed E-state index contributed by atoms with van der Waals surface area (Å²) < 4.78 is 16.1. The van der Waals surface area contributed by atoms with Crippen molar-refractivity contribution in [2.75, 3.05) is 19.8 Å². The normalized spacial score (nSPS) is 42.7. The van der Waals surface area contributed by atoms with Gasteiger partial charge < -0.3 is 66.0 Å². The number of ether oxygens (including phenoxy) is 3. The second-order valence-electron chi connectivity index (χ2n) is 8.12. The van der Waals surface area contributed by atoms with Crippen LogP contribution in [-0.4, -0.2) is 139 Å². The van der Waals surface area contributed by atoms with Crippen LogP contribution in [0.5, 0.6) is 0 Å². The molecule has 0 spiro atoms. The highest BCUT2D eigenvalue weighted by Crippen LogP contribution is 2.40. The number of hydrogen-bond acceptors (Lipinski definition) is 15. The number of aliphatic hydroxyl groups excluding tert-OH is 8. The summed E-state index contributed by atoms with van der Waals surface area (Å²) in [7, 11) is 0. The van der Waals surface area contributed by atoms with E-state index in [0.717, 1.165) is 0 Å². The molecule has 0 radical (unpaired) electrons. The van der Waals surface area contributed by atoms with Gasteiger partial charge in [0.05, 0.1) is 13.2 Å². The molecule has 0 bridgehead atoms. The summed E-state index contributed by atoms with van der Waals surface area (Å²) in [5.74, 6) is -4.09. The van der Waals surface area contributed by atoms with Crippen LogP contribution in [0.2, 0.25) is 0 Å². The number of rotatable bonds is 10. The van der Waals surface area contributed by atoms with Crippen molar-refractivity contribution >= 4 is 5.97 Å². The monoisotopic (exact) mass is 486 g/mol. The molecule has 2 saturated heterocycles. The van der Waals surface area contributed by atoms with Crippen LogP contribution >= 0.6 is 0 Å². The Morgan fingerprint density at radius 1 is 0.939 bits per heavy atom. The number of hydroxylamine groups is 1. The Labute approximate surface area is 188 Å². The van der Waals surface area contributed by atoms with E-state index in [4.69, 9.17) is 19.9 Å². The average molecular weight is 486 g/mol. The highest BCUT2D eigenvalue weighted by Gasteiger charge is 2.65. The van der Waals surface area contributed by atoms with Crippen molar-refractivity contribution in [3.8, 4) is 0 Å². The second-order valence-corrected chi connectivity index (χ2v) is 8.12. The van der Waals surface area contributed by atoms with Gasteiger partial charge in [0.1, 0.15) is 48.8 Å². The van der Waals surface area contributed by atoms with Gasteiger partial charge in [0.2, 0.25) is 0 Å². The second kappa shape index (κ2) is 12.1. The van der Waals surface area contributed by atoms with Crippen molar-refractivity contribution < 1.29 is 65.1 Å². The van der Waals surface area contributed by atoms with E-state index in [1.165, 1.54) is 0 Å². The van der Waals surface area contributed by atoms with Gasteiger partial charge in [0.15, 0.2) is 12.2 Å². The van der Waals surface area contributed by atoms with Crippen molar-refractivity contribution in [3.63, 3.8) is 0 Å². The summed E-state index contributed by atoms with van der Waals surface area (Å²) in [5, 5.41) is 90.5. The maximum absolute atomic E-state index is 12.8. The summed E-state index contributed by atoms with van der Waals surface area (Å²) in [6.45, 7) is -1.48. The van der Waals surface area contributed by atoms with E-state index in [1.54, 1.807) is 5.48 Å². The summed E-state index contributed by atoms with van der Waals surface area (Å²) in [6, 6.07) is -1.38. The molecule has 0 aliphatic carbocycles. The van der Waals surface area contributed by atoms with Crippen LogP contribution < -0.4 is 11.2 Å². The number of hydrogen-bond donors (Lipinski definition) is 11. The molecule has 2 unspecified atom stereocenters. The number of carbonyl (C=O) groups is 1. The van der Waals surface area contributed by atoms with Gasteiger partial charge in [-0.1, -0.05) is 0 Å². The predicted octanol–water partition coefficient (Wildman–Crippen LogP) is -5.98. The quantitative estimate of drug-likeness (QED) is 0.0779. The Bertz CT molecular complexity index is 626. The van der Waals surface area contributed by atoms with E-state index in [1.807, 2.05) is 0 Å².